The third-order valence-electron chi connectivity index (χ3n) is 4.21. The summed E-state index contributed by atoms with van der Waals surface area (Å²) in [6, 6.07) is 11.6. The molecule has 0 unspecified atom stereocenters. The topological polar surface area (TPSA) is 81.7 Å². The molecule has 10 heteroatoms. The molecule has 0 fully saturated rings. The van der Waals surface area contributed by atoms with E-state index in [9.17, 15) is 13.6 Å². The van der Waals surface area contributed by atoms with Crippen molar-refractivity contribution in [2.45, 2.75) is 13.0 Å². The Morgan fingerprint density at radius 1 is 1.10 bits per heavy atom. The fraction of sp³-hybridized carbons (Fsp3) is 0.238. The van der Waals surface area contributed by atoms with Crippen LogP contribution in [-0.2, 0) is 6.42 Å². The largest absolute Gasteiger partial charge is 0.493 e. The van der Waals surface area contributed by atoms with E-state index in [1.807, 2.05) is 18.2 Å². The van der Waals surface area contributed by atoms with Crippen molar-refractivity contribution >= 4 is 28.1 Å². The Balaban J connectivity index is 1.51. The molecule has 0 saturated heterocycles. The Morgan fingerprint density at radius 2 is 1.84 bits per heavy atom. The monoisotopic (exact) mass is 449 g/mol. The second kappa shape index (κ2) is 10.6. The maximum atomic E-state index is 12.3. The normalized spacial score (nSPS) is 10.6. The highest BCUT2D eigenvalue weighted by Gasteiger charge is 2.11. The van der Waals surface area contributed by atoms with Crippen molar-refractivity contribution in [3.05, 3.63) is 59.1 Å². The van der Waals surface area contributed by atoms with Crippen molar-refractivity contribution in [1.82, 2.24) is 10.3 Å². The summed E-state index contributed by atoms with van der Waals surface area (Å²) in [4.78, 5) is 16.6. The Labute approximate surface area is 182 Å². The number of rotatable bonds is 10. The van der Waals surface area contributed by atoms with Gasteiger partial charge >= 0.3 is 6.61 Å². The van der Waals surface area contributed by atoms with E-state index in [1.165, 1.54) is 23.5 Å². The molecular weight excluding hydrogens is 428 g/mol. The first-order valence-corrected chi connectivity index (χ1v) is 10.1. The van der Waals surface area contributed by atoms with E-state index < -0.39 is 6.61 Å². The van der Waals surface area contributed by atoms with Gasteiger partial charge < -0.3 is 24.8 Å². The van der Waals surface area contributed by atoms with Crippen LogP contribution in [0.25, 0.3) is 0 Å². The lowest BCUT2D eigenvalue weighted by Gasteiger charge is -2.09. The van der Waals surface area contributed by atoms with Crippen molar-refractivity contribution in [3.8, 4) is 17.2 Å². The summed E-state index contributed by atoms with van der Waals surface area (Å²) in [7, 11) is 3.15. The predicted octanol–water partition coefficient (Wildman–Crippen LogP) is 4.48. The molecule has 3 aromatic rings. The van der Waals surface area contributed by atoms with Crippen LogP contribution in [0, 0.1) is 0 Å². The quantitative estimate of drug-likeness (QED) is 0.475. The van der Waals surface area contributed by atoms with Gasteiger partial charge in [-0.25, -0.2) is 4.98 Å². The summed E-state index contributed by atoms with van der Waals surface area (Å²) in [6.07, 6.45) is 0.619. The molecule has 2 aromatic carbocycles. The zero-order valence-electron chi connectivity index (χ0n) is 16.9. The Hall–Kier alpha value is -3.40. The molecule has 1 amide bonds. The fourth-order valence-corrected chi connectivity index (χ4v) is 3.44. The number of methoxy groups -OCH3 is 2. The predicted molar refractivity (Wildman–Crippen MR) is 114 cm³/mol. The number of thiazole rings is 1. The highest BCUT2D eigenvalue weighted by Crippen LogP contribution is 2.27. The molecule has 0 bridgehead atoms. The minimum Gasteiger partial charge on any atom is -0.493 e. The van der Waals surface area contributed by atoms with Gasteiger partial charge in [-0.2, -0.15) is 8.78 Å². The van der Waals surface area contributed by atoms with Gasteiger partial charge in [0.1, 0.15) is 11.4 Å². The molecule has 0 aliphatic heterocycles. The molecule has 0 aliphatic rings. The van der Waals surface area contributed by atoms with E-state index in [4.69, 9.17) is 9.47 Å². The van der Waals surface area contributed by atoms with Gasteiger partial charge in [0.25, 0.3) is 5.91 Å². The lowest BCUT2D eigenvalue weighted by molar-refractivity contribution is -0.0498. The molecule has 0 spiro atoms. The lowest BCUT2D eigenvalue weighted by Crippen LogP contribution is -2.26. The van der Waals surface area contributed by atoms with E-state index in [1.54, 1.807) is 31.7 Å². The van der Waals surface area contributed by atoms with Crippen LogP contribution in [-0.4, -0.2) is 38.3 Å². The van der Waals surface area contributed by atoms with Crippen LogP contribution >= 0.6 is 11.3 Å². The number of alkyl halides is 2. The van der Waals surface area contributed by atoms with Crippen molar-refractivity contribution in [2.75, 3.05) is 26.1 Å². The highest BCUT2D eigenvalue weighted by atomic mass is 32.1. The van der Waals surface area contributed by atoms with E-state index in [0.29, 0.717) is 35.3 Å². The van der Waals surface area contributed by atoms with Gasteiger partial charge in [-0.15, -0.1) is 11.3 Å². The highest BCUT2D eigenvalue weighted by molar-refractivity contribution is 7.14. The van der Waals surface area contributed by atoms with Gasteiger partial charge in [-0.05, 0) is 48.4 Å². The second-order valence-electron chi connectivity index (χ2n) is 6.26. The number of hydrogen-bond donors (Lipinski definition) is 2. The molecule has 0 radical (unpaired) electrons. The average Bonchev–Trinajstić information content (AvgIpc) is 3.23. The molecule has 0 aliphatic carbocycles. The SMILES string of the molecule is COc1ccc(CCNC(=O)c2csc(Nc3ccc(OC(F)F)cc3)n2)cc1OC. The van der Waals surface area contributed by atoms with Crippen LogP contribution in [0.3, 0.4) is 0 Å². The van der Waals surface area contributed by atoms with Crippen LogP contribution in [0.5, 0.6) is 17.2 Å². The van der Waals surface area contributed by atoms with Crippen molar-refractivity contribution in [1.29, 1.82) is 0 Å². The number of carbonyl (C=O) groups excluding carboxylic acids is 1. The minimum absolute atomic E-state index is 0.0641. The minimum atomic E-state index is -2.87. The van der Waals surface area contributed by atoms with E-state index in [2.05, 4.69) is 20.4 Å². The molecule has 31 heavy (non-hydrogen) atoms. The summed E-state index contributed by atoms with van der Waals surface area (Å²) >= 11 is 1.26. The number of aromatic nitrogens is 1. The zero-order valence-corrected chi connectivity index (χ0v) is 17.7. The molecule has 0 atom stereocenters. The van der Waals surface area contributed by atoms with Crippen LogP contribution < -0.4 is 24.8 Å². The van der Waals surface area contributed by atoms with Gasteiger partial charge in [-0.3, -0.25) is 4.79 Å². The molecule has 1 heterocycles. The fourth-order valence-electron chi connectivity index (χ4n) is 2.73. The van der Waals surface area contributed by atoms with E-state index in [-0.39, 0.29) is 17.4 Å². The number of hydrogen-bond acceptors (Lipinski definition) is 7. The molecule has 1 aromatic heterocycles. The number of halogens is 2. The molecule has 3 rings (SSSR count). The van der Waals surface area contributed by atoms with Gasteiger partial charge in [0, 0.05) is 17.6 Å². The second-order valence-corrected chi connectivity index (χ2v) is 7.12. The van der Waals surface area contributed by atoms with Gasteiger partial charge in [0.15, 0.2) is 16.6 Å². The Morgan fingerprint density at radius 3 is 2.52 bits per heavy atom. The number of nitrogens with one attached hydrogen (secondary N) is 2. The number of nitrogens with zero attached hydrogens (tertiary/aromatic N) is 1. The molecular formula is C21H21F2N3O4S. The third-order valence-corrected chi connectivity index (χ3v) is 4.97. The number of anilines is 2. The van der Waals surface area contributed by atoms with Crippen molar-refractivity contribution in [3.63, 3.8) is 0 Å². The van der Waals surface area contributed by atoms with Crippen molar-refractivity contribution < 1.29 is 27.8 Å². The average molecular weight is 449 g/mol. The zero-order chi connectivity index (χ0) is 22.2. The Bertz CT molecular complexity index is 1010. The smallest absolute Gasteiger partial charge is 0.387 e. The Kier molecular flexibility index (Phi) is 7.60. The van der Waals surface area contributed by atoms with Crippen LogP contribution in [0.2, 0.25) is 0 Å². The van der Waals surface area contributed by atoms with Crippen LogP contribution in [0.4, 0.5) is 19.6 Å². The van der Waals surface area contributed by atoms with Crippen LogP contribution in [0.15, 0.2) is 47.8 Å². The number of amides is 1. The number of carbonyl (C=O) groups is 1. The van der Waals surface area contributed by atoms with Gasteiger partial charge in [-0.1, -0.05) is 6.07 Å². The first-order valence-electron chi connectivity index (χ1n) is 9.25. The summed E-state index contributed by atoms with van der Waals surface area (Å²) in [5, 5.41) is 8.01. The van der Waals surface area contributed by atoms with Crippen molar-refractivity contribution in [2.24, 2.45) is 0 Å². The third kappa shape index (κ3) is 6.29. The summed E-state index contributed by atoms with van der Waals surface area (Å²) in [5.41, 5.74) is 1.92. The number of benzene rings is 2. The first-order chi connectivity index (χ1) is 15.0. The molecule has 7 nitrogen and oxygen atoms in total. The molecule has 0 saturated carbocycles. The standard InChI is InChI=1S/C21H21F2N3O4S/c1-28-17-8-3-13(11-18(17)29-2)9-10-24-19(27)16-12-31-21(26-16)25-14-4-6-15(7-5-14)30-20(22)23/h3-8,11-12,20H,9-10H2,1-2H3,(H,24,27)(H,25,26). The summed E-state index contributed by atoms with van der Waals surface area (Å²) < 4.78 is 39.2. The maximum Gasteiger partial charge on any atom is 0.387 e. The van der Waals surface area contributed by atoms with E-state index >= 15 is 0 Å². The lowest BCUT2D eigenvalue weighted by atomic mass is 10.1. The molecule has 164 valence electrons. The summed E-state index contributed by atoms with van der Waals surface area (Å²) in [5.74, 6) is 1.06. The number of ether oxygens (including phenoxy) is 3. The molecule has 2 N–H and O–H groups in total. The van der Waals surface area contributed by atoms with Gasteiger partial charge in [0.2, 0.25) is 0 Å². The first kappa shape index (κ1) is 22.3. The maximum absolute atomic E-state index is 12.3. The van der Waals surface area contributed by atoms with E-state index in [0.717, 1.165) is 5.56 Å². The van der Waals surface area contributed by atoms with Gasteiger partial charge in [0.05, 0.1) is 14.2 Å². The summed E-state index contributed by atoms with van der Waals surface area (Å²) in [6.45, 7) is -2.44. The van der Waals surface area contributed by atoms with Crippen LogP contribution in [0.1, 0.15) is 16.1 Å².